The number of piperidine rings is 1. The van der Waals surface area contributed by atoms with Gasteiger partial charge in [0.25, 0.3) is 5.91 Å². The van der Waals surface area contributed by atoms with Gasteiger partial charge in [-0.1, -0.05) is 6.42 Å². The predicted molar refractivity (Wildman–Crippen MR) is 112 cm³/mol. The van der Waals surface area contributed by atoms with E-state index >= 15 is 0 Å². The van der Waals surface area contributed by atoms with Crippen LogP contribution in [0.4, 0.5) is 13.2 Å². The molecule has 2 aliphatic heterocycles. The SMILES string of the molecule is O=C(CCN(CCN1CCCCC1)C(=O)c1ccc(C(F)(F)F)cc1)N1CCNCC1. The number of carbonyl (C=O) groups is 2. The third-order valence-corrected chi connectivity index (χ3v) is 5.95. The van der Waals surface area contributed by atoms with E-state index in [1.807, 2.05) is 0 Å². The number of nitrogens with zero attached hydrogens (tertiary/aromatic N) is 3. The van der Waals surface area contributed by atoms with E-state index < -0.39 is 11.7 Å². The van der Waals surface area contributed by atoms with Crippen molar-refractivity contribution in [2.45, 2.75) is 31.9 Å². The molecular formula is C22H31F3N4O2. The van der Waals surface area contributed by atoms with Gasteiger partial charge in [0.15, 0.2) is 0 Å². The second kappa shape index (κ2) is 10.9. The van der Waals surface area contributed by atoms with Gasteiger partial charge in [-0.2, -0.15) is 13.2 Å². The number of hydrogen-bond acceptors (Lipinski definition) is 4. The lowest BCUT2D eigenvalue weighted by Gasteiger charge is -2.31. The average Bonchev–Trinajstić information content (AvgIpc) is 2.79. The molecule has 2 amide bonds. The maximum atomic E-state index is 13.1. The van der Waals surface area contributed by atoms with E-state index in [0.29, 0.717) is 26.2 Å². The van der Waals surface area contributed by atoms with Gasteiger partial charge in [-0.05, 0) is 50.2 Å². The summed E-state index contributed by atoms with van der Waals surface area (Å²) in [6.07, 6.45) is -0.746. The van der Waals surface area contributed by atoms with Crippen molar-refractivity contribution >= 4 is 11.8 Å². The minimum absolute atomic E-state index is 0.00434. The highest BCUT2D eigenvalue weighted by atomic mass is 19.4. The van der Waals surface area contributed by atoms with Crippen LogP contribution in [-0.4, -0.2) is 85.4 Å². The molecule has 31 heavy (non-hydrogen) atoms. The lowest BCUT2D eigenvalue weighted by molar-refractivity contribution is -0.137. The first-order valence-corrected chi connectivity index (χ1v) is 11.0. The monoisotopic (exact) mass is 440 g/mol. The van der Waals surface area contributed by atoms with Crippen LogP contribution in [0.5, 0.6) is 0 Å². The van der Waals surface area contributed by atoms with Gasteiger partial charge < -0.3 is 20.0 Å². The van der Waals surface area contributed by atoms with E-state index in [9.17, 15) is 22.8 Å². The van der Waals surface area contributed by atoms with E-state index in [-0.39, 0.29) is 30.3 Å². The van der Waals surface area contributed by atoms with Crippen molar-refractivity contribution in [3.63, 3.8) is 0 Å². The Morgan fingerprint density at radius 2 is 1.58 bits per heavy atom. The number of likely N-dealkylation sites (tertiary alicyclic amines) is 1. The molecule has 2 fully saturated rings. The summed E-state index contributed by atoms with van der Waals surface area (Å²) in [4.78, 5) is 31.3. The first-order chi connectivity index (χ1) is 14.8. The summed E-state index contributed by atoms with van der Waals surface area (Å²) in [7, 11) is 0. The zero-order chi connectivity index (χ0) is 22.3. The normalized spacial score (nSPS) is 18.1. The molecule has 3 rings (SSSR count). The zero-order valence-electron chi connectivity index (χ0n) is 17.8. The molecule has 1 aromatic rings. The third kappa shape index (κ3) is 6.93. The number of carbonyl (C=O) groups excluding carboxylic acids is 2. The number of benzene rings is 1. The molecule has 0 unspecified atom stereocenters. The van der Waals surface area contributed by atoms with Crippen molar-refractivity contribution in [3.05, 3.63) is 35.4 Å². The molecular weight excluding hydrogens is 409 g/mol. The number of nitrogens with one attached hydrogen (secondary N) is 1. The number of hydrogen-bond donors (Lipinski definition) is 1. The van der Waals surface area contributed by atoms with Crippen molar-refractivity contribution < 1.29 is 22.8 Å². The molecule has 0 aliphatic carbocycles. The van der Waals surface area contributed by atoms with Crippen molar-refractivity contribution in [2.24, 2.45) is 0 Å². The largest absolute Gasteiger partial charge is 0.416 e. The molecule has 0 aromatic heterocycles. The minimum atomic E-state index is -4.44. The number of halogens is 3. The summed E-state index contributed by atoms with van der Waals surface area (Å²) < 4.78 is 38.5. The molecule has 172 valence electrons. The minimum Gasteiger partial charge on any atom is -0.340 e. The Kier molecular flexibility index (Phi) is 8.31. The average molecular weight is 441 g/mol. The fraction of sp³-hybridized carbons (Fsp3) is 0.636. The summed E-state index contributed by atoms with van der Waals surface area (Å²) in [5.74, 6) is -0.330. The van der Waals surface area contributed by atoms with Crippen molar-refractivity contribution in [1.82, 2.24) is 20.0 Å². The van der Waals surface area contributed by atoms with E-state index in [1.54, 1.807) is 9.80 Å². The molecule has 2 heterocycles. The highest BCUT2D eigenvalue weighted by Gasteiger charge is 2.30. The maximum absolute atomic E-state index is 13.1. The predicted octanol–water partition coefficient (Wildman–Crippen LogP) is 2.46. The number of piperazine rings is 1. The Balaban J connectivity index is 1.64. The molecule has 2 saturated heterocycles. The fourth-order valence-electron chi connectivity index (χ4n) is 4.05. The van der Waals surface area contributed by atoms with Gasteiger partial charge in [0, 0.05) is 57.8 Å². The van der Waals surface area contributed by atoms with E-state index in [1.165, 1.54) is 18.6 Å². The molecule has 0 bridgehead atoms. The summed E-state index contributed by atoms with van der Waals surface area (Å²) in [5, 5.41) is 3.20. The molecule has 1 N–H and O–H groups in total. The van der Waals surface area contributed by atoms with Gasteiger partial charge >= 0.3 is 6.18 Å². The quantitative estimate of drug-likeness (QED) is 0.708. The second-order valence-corrected chi connectivity index (χ2v) is 8.15. The van der Waals surface area contributed by atoms with Gasteiger partial charge in [0.1, 0.15) is 0 Å². The second-order valence-electron chi connectivity index (χ2n) is 8.15. The Morgan fingerprint density at radius 1 is 0.935 bits per heavy atom. The topological polar surface area (TPSA) is 55.9 Å². The van der Waals surface area contributed by atoms with Crippen LogP contribution in [0.15, 0.2) is 24.3 Å². The van der Waals surface area contributed by atoms with Crippen LogP contribution in [0.2, 0.25) is 0 Å². The first kappa shape index (κ1) is 23.5. The molecule has 2 aliphatic rings. The summed E-state index contributed by atoms with van der Waals surface area (Å²) in [6, 6.07) is 4.30. The summed E-state index contributed by atoms with van der Waals surface area (Å²) >= 11 is 0. The lowest BCUT2D eigenvalue weighted by Crippen LogP contribution is -2.47. The number of rotatable bonds is 7. The van der Waals surface area contributed by atoms with Gasteiger partial charge in [-0.3, -0.25) is 9.59 Å². The van der Waals surface area contributed by atoms with Crippen LogP contribution < -0.4 is 5.32 Å². The standard InChI is InChI=1S/C22H31F3N4O2/c23-22(24,25)19-6-4-18(5-7-19)21(31)29(17-16-27-11-2-1-3-12-27)13-8-20(30)28-14-9-26-10-15-28/h4-7,26H,1-3,8-17H2. The molecule has 0 radical (unpaired) electrons. The van der Waals surface area contributed by atoms with Crippen LogP contribution >= 0.6 is 0 Å². The summed E-state index contributed by atoms with van der Waals surface area (Å²) in [6.45, 7) is 6.21. The third-order valence-electron chi connectivity index (χ3n) is 5.95. The Bertz CT molecular complexity index is 727. The van der Waals surface area contributed by atoms with Crippen LogP contribution in [0, 0.1) is 0 Å². The van der Waals surface area contributed by atoms with E-state index in [2.05, 4.69) is 10.2 Å². The molecule has 0 atom stereocenters. The smallest absolute Gasteiger partial charge is 0.340 e. The Labute approximate surface area is 181 Å². The highest BCUT2D eigenvalue weighted by molar-refractivity contribution is 5.94. The Morgan fingerprint density at radius 3 is 2.19 bits per heavy atom. The van der Waals surface area contributed by atoms with Gasteiger partial charge in [0.2, 0.25) is 5.91 Å². The van der Waals surface area contributed by atoms with Crippen molar-refractivity contribution in [2.75, 3.05) is 58.9 Å². The Hall–Kier alpha value is -2.13. The van der Waals surface area contributed by atoms with Crippen molar-refractivity contribution in [3.8, 4) is 0 Å². The molecule has 6 nitrogen and oxygen atoms in total. The molecule has 0 spiro atoms. The lowest BCUT2D eigenvalue weighted by atomic mass is 10.1. The number of alkyl halides is 3. The zero-order valence-corrected chi connectivity index (χ0v) is 17.8. The van der Waals surface area contributed by atoms with Crippen molar-refractivity contribution in [1.29, 1.82) is 0 Å². The summed E-state index contributed by atoms with van der Waals surface area (Å²) in [5.41, 5.74) is -0.570. The van der Waals surface area contributed by atoms with Crippen LogP contribution in [-0.2, 0) is 11.0 Å². The fourth-order valence-corrected chi connectivity index (χ4v) is 4.05. The van der Waals surface area contributed by atoms with Gasteiger partial charge in [-0.25, -0.2) is 0 Å². The van der Waals surface area contributed by atoms with Gasteiger partial charge in [-0.15, -0.1) is 0 Å². The number of amides is 2. The molecule has 1 aromatic carbocycles. The highest BCUT2D eigenvalue weighted by Crippen LogP contribution is 2.29. The van der Waals surface area contributed by atoms with Gasteiger partial charge in [0.05, 0.1) is 5.56 Å². The molecule has 0 saturated carbocycles. The molecule has 9 heteroatoms. The maximum Gasteiger partial charge on any atom is 0.416 e. The van der Waals surface area contributed by atoms with Crippen LogP contribution in [0.25, 0.3) is 0 Å². The van der Waals surface area contributed by atoms with Crippen LogP contribution in [0.1, 0.15) is 41.6 Å². The first-order valence-electron chi connectivity index (χ1n) is 11.0. The van der Waals surface area contributed by atoms with E-state index in [0.717, 1.165) is 51.2 Å². The van der Waals surface area contributed by atoms with E-state index in [4.69, 9.17) is 0 Å². The van der Waals surface area contributed by atoms with Crippen LogP contribution in [0.3, 0.4) is 0 Å².